The molecule has 0 unspecified atom stereocenters. The Morgan fingerprint density at radius 3 is 2.52 bits per heavy atom. The van der Waals surface area contributed by atoms with Crippen molar-refractivity contribution in [3.8, 4) is 5.75 Å². The third-order valence-electron chi connectivity index (χ3n) is 4.30. The third-order valence-corrected chi connectivity index (χ3v) is 5.15. The number of aryl methyl sites for hydroxylation is 1. The van der Waals surface area contributed by atoms with Crippen LogP contribution in [0.15, 0.2) is 71.8 Å². The van der Waals surface area contributed by atoms with Gasteiger partial charge in [-0.3, -0.25) is 4.79 Å². The second kappa shape index (κ2) is 9.95. The van der Waals surface area contributed by atoms with E-state index >= 15 is 0 Å². The van der Waals surface area contributed by atoms with Crippen LogP contribution in [-0.4, -0.2) is 12.1 Å². The fourth-order valence-electron chi connectivity index (χ4n) is 2.63. The number of carbonyl (C=O) groups is 1. The quantitative estimate of drug-likeness (QED) is 0.239. The molecule has 4 nitrogen and oxygen atoms in total. The topological polar surface area (TPSA) is 50.7 Å². The lowest BCUT2D eigenvalue weighted by Crippen LogP contribution is -2.18. The van der Waals surface area contributed by atoms with Crippen molar-refractivity contribution < 1.29 is 22.7 Å². The fraction of sp³-hybridized carbons (Fsp3) is 0.130. The molecule has 0 heterocycles. The Morgan fingerprint density at radius 2 is 1.84 bits per heavy atom. The van der Waals surface area contributed by atoms with E-state index in [0.717, 1.165) is 21.3 Å². The number of nitrogens with zero attached hydrogens (tertiary/aromatic N) is 1. The average molecular weight is 538 g/mol. The van der Waals surface area contributed by atoms with Gasteiger partial charge in [-0.05, 0) is 77.0 Å². The van der Waals surface area contributed by atoms with Crippen molar-refractivity contribution in [2.75, 3.05) is 0 Å². The zero-order valence-electron chi connectivity index (χ0n) is 16.4. The maximum absolute atomic E-state index is 12.8. The molecule has 3 aromatic rings. The molecule has 3 aromatic carbocycles. The van der Waals surface area contributed by atoms with Gasteiger partial charge in [0.25, 0.3) is 5.91 Å². The van der Waals surface area contributed by atoms with Crippen molar-refractivity contribution in [1.82, 2.24) is 5.43 Å². The number of hydrazone groups is 1. The number of ether oxygens (including phenoxy) is 1. The van der Waals surface area contributed by atoms with Crippen molar-refractivity contribution in [1.29, 1.82) is 0 Å². The molecule has 1 amide bonds. The highest BCUT2D eigenvalue weighted by molar-refractivity contribution is 14.1. The number of benzene rings is 3. The van der Waals surface area contributed by atoms with Crippen molar-refractivity contribution in [3.05, 3.63) is 98.1 Å². The molecule has 1 N–H and O–H groups in total. The number of amides is 1. The summed E-state index contributed by atoms with van der Waals surface area (Å²) in [5.41, 5.74) is 4.18. The molecule has 0 saturated heterocycles. The summed E-state index contributed by atoms with van der Waals surface area (Å²) in [4.78, 5) is 12.1. The maximum Gasteiger partial charge on any atom is 0.416 e. The van der Waals surface area contributed by atoms with Crippen LogP contribution in [0, 0.1) is 10.5 Å². The van der Waals surface area contributed by atoms with E-state index < -0.39 is 17.6 Å². The lowest BCUT2D eigenvalue weighted by atomic mass is 10.1. The molecule has 0 fully saturated rings. The lowest BCUT2D eigenvalue weighted by molar-refractivity contribution is -0.137. The molecule has 31 heavy (non-hydrogen) atoms. The first-order valence-corrected chi connectivity index (χ1v) is 10.3. The van der Waals surface area contributed by atoms with Gasteiger partial charge in [0, 0.05) is 5.56 Å². The third kappa shape index (κ3) is 6.55. The van der Waals surface area contributed by atoms with Crippen LogP contribution in [0.5, 0.6) is 5.75 Å². The Morgan fingerprint density at radius 1 is 1.10 bits per heavy atom. The van der Waals surface area contributed by atoms with E-state index in [1.165, 1.54) is 23.9 Å². The van der Waals surface area contributed by atoms with E-state index in [1.807, 2.05) is 37.3 Å². The molecule has 0 saturated carbocycles. The van der Waals surface area contributed by atoms with E-state index in [9.17, 15) is 18.0 Å². The van der Waals surface area contributed by atoms with Crippen LogP contribution >= 0.6 is 22.6 Å². The smallest absolute Gasteiger partial charge is 0.416 e. The van der Waals surface area contributed by atoms with Crippen LogP contribution < -0.4 is 10.2 Å². The van der Waals surface area contributed by atoms with Crippen molar-refractivity contribution >= 4 is 34.7 Å². The van der Waals surface area contributed by atoms with Gasteiger partial charge in [-0.25, -0.2) is 5.43 Å². The minimum absolute atomic E-state index is 0.124. The Bertz CT molecular complexity index is 1100. The maximum atomic E-state index is 12.8. The molecule has 0 aliphatic heterocycles. The second-order valence-electron chi connectivity index (χ2n) is 6.74. The standard InChI is InChI=1S/C23H18F3IN2O2/c1-15-5-7-16(8-6-15)14-31-21-10-9-17(11-20(21)27)13-28-29-22(30)18-3-2-4-19(12-18)23(24,25)26/h2-13H,14H2,1H3,(H,29,30)/b28-13-. The molecular formula is C23H18F3IN2O2. The van der Waals surface area contributed by atoms with Gasteiger partial charge in [-0.2, -0.15) is 18.3 Å². The van der Waals surface area contributed by atoms with Gasteiger partial charge in [0.2, 0.25) is 0 Å². The number of carbonyl (C=O) groups excluding carboxylic acids is 1. The summed E-state index contributed by atoms with van der Waals surface area (Å²) in [5, 5.41) is 3.83. The number of halogens is 4. The molecule has 0 spiro atoms. The molecule has 0 radical (unpaired) electrons. The van der Waals surface area contributed by atoms with Crippen LogP contribution in [0.3, 0.4) is 0 Å². The number of alkyl halides is 3. The average Bonchev–Trinajstić information content (AvgIpc) is 2.74. The summed E-state index contributed by atoms with van der Waals surface area (Å²) in [5.74, 6) is -0.0126. The molecule has 0 bridgehead atoms. The van der Waals surface area contributed by atoms with Gasteiger partial charge >= 0.3 is 6.18 Å². The van der Waals surface area contributed by atoms with Crippen molar-refractivity contribution in [2.24, 2.45) is 5.10 Å². The number of rotatable bonds is 6. The molecule has 8 heteroatoms. The Balaban J connectivity index is 1.59. The molecule has 0 aliphatic carbocycles. The van der Waals surface area contributed by atoms with Gasteiger partial charge < -0.3 is 4.74 Å². The lowest BCUT2D eigenvalue weighted by Gasteiger charge is -2.09. The normalized spacial score (nSPS) is 11.5. The second-order valence-corrected chi connectivity index (χ2v) is 7.90. The molecular weight excluding hydrogens is 520 g/mol. The van der Waals surface area contributed by atoms with Crippen LogP contribution in [0.4, 0.5) is 13.2 Å². The summed E-state index contributed by atoms with van der Waals surface area (Å²) in [6.45, 7) is 2.46. The predicted molar refractivity (Wildman–Crippen MR) is 121 cm³/mol. The van der Waals surface area contributed by atoms with E-state index in [4.69, 9.17) is 4.74 Å². The van der Waals surface area contributed by atoms with E-state index in [0.29, 0.717) is 17.9 Å². The Labute approximate surface area is 191 Å². The molecule has 0 atom stereocenters. The zero-order chi connectivity index (χ0) is 22.4. The van der Waals surface area contributed by atoms with E-state index in [-0.39, 0.29) is 5.56 Å². The first kappa shape index (κ1) is 22.8. The van der Waals surface area contributed by atoms with Gasteiger partial charge in [0.15, 0.2) is 0 Å². The van der Waals surface area contributed by atoms with Crippen molar-refractivity contribution in [2.45, 2.75) is 19.7 Å². The van der Waals surface area contributed by atoms with Crippen LogP contribution in [-0.2, 0) is 12.8 Å². The summed E-state index contributed by atoms with van der Waals surface area (Å²) in [7, 11) is 0. The van der Waals surface area contributed by atoms with Gasteiger partial charge in [-0.1, -0.05) is 35.9 Å². The van der Waals surface area contributed by atoms with Crippen LogP contribution in [0.1, 0.15) is 32.6 Å². The molecule has 0 aliphatic rings. The Kier molecular flexibility index (Phi) is 7.32. The molecule has 160 valence electrons. The van der Waals surface area contributed by atoms with Crippen LogP contribution in [0.2, 0.25) is 0 Å². The fourth-order valence-corrected chi connectivity index (χ4v) is 3.32. The van der Waals surface area contributed by atoms with E-state index in [1.54, 1.807) is 12.1 Å². The summed E-state index contributed by atoms with van der Waals surface area (Å²) >= 11 is 2.14. The zero-order valence-corrected chi connectivity index (χ0v) is 18.6. The monoisotopic (exact) mass is 538 g/mol. The molecule has 0 aromatic heterocycles. The van der Waals surface area contributed by atoms with Crippen molar-refractivity contribution in [3.63, 3.8) is 0 Å². The summed E-state index contributed by atoms with van der Waals surface area (Å²) in [6.07, 6.45) is -3.10. The van der Waals surface area contributed by atoms with Gasteiger partial charge in [-0.15, -0.1) is 0 Å². The largest absolute Gasteiger partial charge is 0.488 e. The van der Waals surface area contributed by atoms with Gasteiger partial charge in [0.1, 0.15) is 12.4 Å². The number of nitrogens with one attached hydrogen (secondary N) is 1. The predicted octanol–water partition coefficient (Wildman–Crippen LogP) is 5.96. The summed E-state index contributed by atoms with van der Waals surface area (Å²) in [6, 6.07) is 17.6. The Hall–Kier alpha value is -2.88. The van der Waals surface area contributed by atoms with E-state index in [2.05, 4.69) is 33.1 Å². The SMILES string of the molecule is Cc1ccc(COc2ccc(/C=N\NC(=O)c3cccc(C(F)(F)F)c3)cc2I)cc1. The summed E-state index contributed by atoms with van der Waals surface area (Å²) < 4.78 is 45.0. The highest BCUT2D eigenvalue weighted by Gasteiger charge is 2.30. The highest BCUT2D eigenvalue weighted by Crippen LogP contribution is 2.29. The minimum Gasteiger partial charge on any atom is -0.488 e. The highest BCUT2D eigenvalue weighted by atomic mass is 127. The number of hydrogen-bond donors (Lipinski definition) is 1. The minimum atomic E-state index is -4.51. The molecule has 3 rings (SSSR count). The number of hydrogen-bond acceptors (Lipinski definition) is 3. The van der Waals surface area contributed by atoms with Crippen LogP contribution in [0.25, 0.3) is 0 Å². The van der Waals surface area contributed by atoms with Gasteiger partial charge in [0.05, 0.1) is 15.3 Å². The first-order chi connectivity index (χ1) is 14.7. The first-order valence-electron chi connectivity index (χ1n) is 9.21.